The van der Waals surface area contributed by atoms with Crippen molar-refractivity contribution in [3.05, 3.63) is 32.8 Å². The van der Waals surface area contributed by atoms with Crippen molar-refractivity contribution in [2.75, 3.05) is 11.9 Å². The Morgan fingerprint density at radius 2 is 2.26 bits per heavy atom. The SMILES string of the molecule is CCOC(=O)c1c(NC(=O)Cn2nnc(-c3ccsc3)n2)sc2c1CCC2. The molecule has 0 saturated carbocycles. The fraction of sp³-hybridized carbons (Fsp3) is 0.353. The van der Waals surface area contributed by atoms with Crippen LogP contribution < -0.4 is 5.32 Å². The summed E-state index contributed by atoms with van der Waals surface area (Å²) < 4.78 is 5.17. The van der Waals surface area contributed by atoms with Gasteiger partial charge in [0.25, 0.3) is 0 Å². The van der Waals surface area contributed by atoms with Gasteiger partial charge in [0.2, 0.25) is 11.7 Å². The van der Waals surface area contributed by atoms with Crippen molar-refractivity contribution in [1.82, 2.24) is 20.2 Å². The summed E-state index contributed by atoms with van der Waals surface area (Å²) in [6, 6.07) is 1.89. The van der Waals surface area contributed by atoms with Crippen LogP contribution in [0, 0.1) is 0 Å². The van der Waals surface area contributed by atoms with Gasteiger partial charge in [-0.25, -0.2) is 4.79 Å². The number of thiophene rings is 2. The molecule has 27 heavy (non-hydrogen) atoms. The largest absolute Gasteiger partial charge is 0.462 e. The molecule has 0 saturated heterocycles. The molecule has 8 nitrogen and oxygen atoms in total. The van der Waals surface area contributed by atoms with Crippen LogP contribution in [0.2, 0.25) is 0 Å². The van der Waals surface area contributed by atoms with Gasteiger partial charge in [-0.3, -0.25) is 4.79 Å². The Morgan fingerprint density at radius 3 is 3.04 bits per heavy atom. The lowest BCUT2D eigenvalue weighted by Crippen LogP contribution is -2.21. The zero-order valence-electron chi connectivity index (χ0n) is 14.6. The number of esters is 1. The second-order valence-corrected chi connectivity index (χ2v) is 7.87. The summed E-state index contributed by atoms with van der Waals surface area (Å²) in [5, 5.41) is 19.3. The maximum Gasteiger partial charge on any atom is 0.341 e. The maximum absolute atomic E-state index is 12.5. The van der Waals surface area contributed by atoms with E-state index >= 15 is 0 Å². The zero-order valence-corrected chi connectivity index (χ0v) is 16.2. The Balaban J connectivity index is 1.49. The number of rotatable bonds is 6. The van der Waals surface area contributed by atoms with Gasteiger partial charge in [0.1, 0.15) is 11.5 Å². The monoisotopic (exact) mass is 403 g/mol. The number of carbonyl (C=O) groups is 2. The summed E-state index contributed by atoms with van der Waals surface area (Å²) in [4.78, 5) is 27.2. The van der Waals surface area contributed by atoms with Crippen LogP contribution in [0.5, 0.6) is 0 Å². The molecular formula is C17H17N5O3S2. The van der Waals surface area contributed by atoms with Crippen molar-refractivity contribution in [2.24, 2.45) is 0 Å². The summed E-state index contributed by atoms with van der Waals surface area (Å²) >= 11 is 2.99. The third-order valence-corrected chi connectivity index (χ3v) is 6.06. The van der Waals surface area contributed by atoms with Gasteiger partial charge in [-0.2, -0.15) is 16.1 Å². The second-order valence-electron chi connectivity index (χ2n) is 5.99. The molecule has 0 aliphatic heterocycles. The van der Waals surface area contributed by atoms with Crippen molar-refractivity contribution in [2.45, 2.75) is 32.7 Å². The zero-order chi connectivity index (χ0) is 18.8. The summed E-state index contributed by atoms with van der Waals surface area (Å²) in [7, 11) is 0. The summed E-state index contributed by atoms with van der Waals surface area (Å²) in [6.45, 7) is 1.98. The molecule has 1 amide bonds. The average molecular weight is 403 g/mol. The predicted octanol–water partition coefficient (Wildman–Crippen LogP) is 2.77. The van der Waals surface area contributed by atoms with Crippen LogP contribution in [0.15, 0.2) is 16.8 Å². The number of ether oxygens (including phenoxy) is 1. The third kappa shape index (κ3) is 3.62. The lowest BCUT2D eigenvalue weighted by atomic mass is 10.1. The number of carbonyl (C=O) groups excluding carboxylic acids is 2. The molecule has 3 heterocycles. The second kappa shape index (κ2) is 7.57. The van der Waals surface area contributed by atoms with Crippen LogP contribution in [0.3, 0.4) is 0 Å². The van der Waals surface area contributed by atoms with Crippen LogP contribution in [-0.2, 0) is 28.9 Å². The number of nitrogens with zero attached hydrogens (tertiary/aromatic N) is 4. The number of anilines is 1. The van der Waals surface area contributed by atoms with E-state index in [0.29, 0.717) is 23.0 Å². The van der Waals surface area contributed by atoms with Crippen molar-refractivity contribution < 1.29 is 14.3 Å². The maximum atomic E-state index is 12.5. The van der Waals surface area contributed by atoms with Crippen LogP contribution in [-0.4, -0.2) is 38.7 Å². The Hall–Kier alpha value is -2.59. The number of aromatic nitrogens is 4. The molecule has 0 unspecified atom stereocenters. The molecule has 10 heteroatoms. The molecule has 3 aromatic heterocycles. The third-order valence-electron chi connectivity index (χ3n) is 4.17. The first kappa shape index (κ1) is 17.8. The number of aryl methyl sites for hydroxylation is 1. The van der Waals surface area contributed by atoms with E-state index in [1.807, 2.05) is 16.8 Å². The molecular weight excluding hydrogens is 386 g/mol. The van der Waals surface area contributed by atoms with Gasteiger partial charge < -0.3 is 10.1 Å². The van der Waals surface area contributed by atoms with Crippen LogP contribution in [0.25, 0.3) is 11.4 Å². The molecule has 1 aliphatic carbocycles. The van der Waals surface area contributed by atoms with Gasteiger partial charge in [-0.1, -0.05) is 0 Å². The van der Waals surface area contributed by atoms with Gasteiger partial charge in [0.05, 0.1) is 12.2 Å². The van der Waals surface area contributed by atoms with Gasteiger partial charge in [0, 0.05) is 15.8 Å². The van der Waals surface area contributed by atoms with E-state index in [2.05, 4.69) is 20.7 Å². The Kier molecular flexibility index (Phi) is 4.99. The van der Waals surface area contributed by atoms with Crippen LogP contribution in [0.4, 0.5) is 5.00 Å². The van der Waals surface area contributed by atoms with E-state index in [0.717, 1.165) is 35.3 Å². The van der Waals surface area contributed by atoms with E-state index < -0.39 is 0 Å². The molecule has 0 atom stereocenters. The Morgan fingerprint density at radius 1 is 1.37 bits per heavy atom. The van der Waals surface area contributed by atoms with E-state index in [1.165, 1.54) is 16.1 Å². The van der Waals surface area contributed by atoms with Gasteiger partial charge >= 0.3 is 5.97 Å². The number of amides is 1. The van der Waals surface area contributed by atoms with E-state index in [1.54, 1.807) is 18.3 Å². The highest BCUT2D eigenvalue weighted by Gasteiger charge is 2.28. The molecule has 1 aliphatic rings. The fourth-order valence-corrected chi connectivity index (χ4v) is 4.95. The van der Waals surface area contributed by atoms with Crippen molar-refractivity contribution in [1.29, 1.82) is 0 Å². The fourth-order valence-electron chi connectivity index (χ4n) is 3.02. The molecule has 0 bridgehead atoms. The predicted molar refractivity (Wildman–Crippen MR) is 102 cm³/mol. The number of nitrogens with one attached hydrogen (secondary N) is 1. The highest BCUT2D eigenvalue weighted by Crippen LogP contribution is 2.39. The Bertz CT molecular complexity index is 977. The van der Waals surface area contributed by atoms with Gasteiger partial charge in [0.15, 0.2) is 0 Å². The first-order valence-electron chi connectivity index (χ1n) is 8.57. The highest BCUT2D eigenvalue weighted by atomic mass is 32.1. The smallest absolute Gasteiger partial charge is 0.341 e. The summed E-state index contributed by atoms with van der Waals surface area (Å²) in [5.41, 5.74) is 2.37. The normalized spacial score (nSPS) is 12.8. The lowest BCUT2D eigenvalue weighted by molar-refractivity contribution is -0.117. The van der Waals surface area contributed by atoms with Crippen LogP contribution in [0.1, 0.15) is 34.1 Å². The molecule has 3 aromatic rings. The topological polar surface area (TPSA) is 99.0 Å². The van der Waals surface area contributed by atoms with Gasteiger partial charge in [-0.05, 0) is 48.4 Å². The first-order valence-corrected chi connectivity index (χ1v) is 10.3. The van der Waals surface area contributed by atoms with E-state index in [-0.39, 0.29) is 18.4 Å². The quantitative estimate of drug-likeness (QED) is 0.636. The minimum atomic E-state index is -0.383. The number of tetrazole rings is 1. The molecule has 1 N–H and O–H groups in total. The minimum absolute atomic E-state index is 0.0814. The molecule has 0 aromatic carbocycles. The van der Waals surface area contributed by atoms with Gasteiger partial charge in [-0.15, -0.1) is 21.5 Å². The first-order chi connectivity index (χ1) is 13.2. The number of hydrogen-bond acceptors (Lipinski definition) is 8. The van der Waals surface area contributed by atoms with Crippen molar-refractivity contribution in [3.8, 4) is 11.4 Å². The lowest BCUT2D eigenvalue weighted by Gasteiger charge is -2.07. The summed E-state index contributed by atoms with van der Waals surface area (Å²) in [6.07, 6.45) is 2.79. The molecule has 0 spiro atoms. The van der Waals surface area contributed by atoms with E-state index in [4.69, 9.17) is 4.74 Å². The number of fused-ring (bicyclic) bond motifs is 1. The molecule has 4 rings (SSSR count). The highest BCUT2D eigenvalue weighted by molar-refractivity contribution is 7.17. The average Bonchev–Trinajstić information content (AvgIpc) is 3.39. The standard InChI is InChI=1S/C17H17N5O3S2/c1-2-25-17(24)14-11-4-3-5-12(11)27-16(14)18-13(23)8-22-20-15(19-21-22)10-6-7-26-9-10/h6-7,9H,2-5,8H2,1H3,(H,18,23). The molecule has 0 radical (unpaired) electrons. The minimum Gasteiger partial charge on any atom is -0.462 e. The number of hydrogen-bond donors (Lipinski definition) is 1. The molecule has 0 fully saturated rings. The van der Waals surface area contributed by atoms with Crippen LogP contribution >= 0.6 is 22.7 Å². The molecule has 140 valence electrons. The van der Waals surface area contributed by atoms with Crippen molar-refractivity contribution >= 4 is 39.6 Å². The van der Waals surface area contributed by atoms with Crippen molar-refractivity contribution in [3.63, 3.8) is 0 Å². The Labute approximate surface area is 163 Å². The summed E-state index contributed by atoms with van der Waals surface area (Å²) in [5.74, 6) is -0.216. The van der Waals surface area contributed by atoms with E-state index in [9.17, 15) is 9.59 Å².